The minimum atomic E-state index is 0.288. The molecule has 0 N–H and O–H groups in total. The topological polar surface area (TPSA) is 12.5 Å². The third-order valence-electron chi connectivity index (χ3n) is 4.26. The van der Waals surface area contributed by atoms with Crippen molar-refractivity contribution >= 4 is 23.2 Å². The average molecular weight is 380 g/mol. The monoisotopic (exact) mass is 379 g/mol. The molecule has 0 aromatic heterocycles. The van der Waals surface area contributed by atoms with Crippen LogP contribution in [0.2, 0.25) is 0 Å². The first kappa shape index (κ1) is 20.3. The molecule has 0 aliphatic rings. The molecule has 0 saturated heterocycles. The number of hydrogen-bond acceptors (Lipinski definition) is 2. The second-order valence-electron chi connectivity index (χ2n) is 6.07. The molecule has 0 heterocycles. The van der Waals surface area contributed by atoms with E-state index in [4.69, 9.17) is 27.9 Å². The van der Waals surface area contributed by atoms with Gasteiger partial charge in [0.2, 0.25) is 0 Å². The predicted molar refractivity (Wildman–Crippen MR) is 108 cm³/mol. The summed E-state index contributed by atoms with van der Waals surface area (Å²) in [6.45, 7) is 3.07. The number of benzene rings is 2. The van der Waals surface area contributed by atoms with Crippen LogP contribution in [0.15, 0.2) is 60.7 Å². The number of ether oxygens (including phenoxy) is 1. The first-order valence-corrected chi connectivity index (χ1v) is 9.92. The van der Waals surface area contributed by atoms with Crippen LogP contribution in [0.5, 0.6) is 0 Å². The molecule has 1 unspecified atom stereocenters. The van der Waals surface area contributed by atoms with Gasteiger partial charge in [-0.15, -0.1) is 23.2 Å². The van der Waals surface area contributed by atoms with Gasteiger partial charge in [0.25, 0.3) is 0 Å². The van der Waals surface area contributed by atoms with Gasteiger partial charge in [-0.05, 0) is 24.0 Å². The first-order valence-electron chi connectivity index (χ1n) is 8.85. The van der Waals surface area contributed by atoms with Crippen molar-refractivity contribution in [3.63, 3.8) is 0 Å². The normalized spacial score (nSPS) is 12.4. The summed E-state index contributed by atoms with van der Waals surface area (Å²) in [5, 5.41) is 0. The zero-order valence-corrected chi connectivity index (χ0v) is 16.1. The lowest BCUT2D eigenvalue weighted by Gasteiger charge is -2.30. The zero-order chi connectivity index (χ0) is 17.7. The van der Waals surface area contributed by atoms with Gasteiger partial charge < -0.3 is 4.74 Å². The van der Waals surface area contributed by atoms with E-state index in [2.05, 4.69) is 53.4 Å². The van der Waals surface area contributed by atoms with Gasteiger partial charge in [-0.25, -0.2) is 0 Å². The lowest BCUT2D eigenvalue weighted by Crippen LogP contribution is -2.42. The van der Waals surface area contributed by atoms with Crippen molar-refractivity contribution < 1.29 is 4.74 Å². The highest BCUT2D eigenvalue weighted by atomic mass is 35.5. The first-order chi connectivity index (χ1) is 12.3. The Bertz CT molecular complexity index is 559. The van der Waals surface area contributed by atoms with Crippen molar-refractivity contribution in [3.8, 4) is 0 Å². The van der Waals surface area contributed by atoms with Crippen molar-refractivity contribution in [2.75, 3.05) is 38.1 Å². The SMILES string of the molecule is ClCCN(CCCl)C(COCCc1ccccc1)Cc1ccccc1. The highest BCUT2D eigenvalue weighted by Crippen LogP contribution is 2.11. The van der Waals surface area contributed by atoms with E-state index in [1.54, 1.807) is 0 Å². The number of hydrogen-bond donors (Lipinski definition) is 0. The van der Waals surface area contributed by atoms with E-state index in [-0.39, 0.29) is 6.04 Å². The number of alkyl halides is 2. The molecule has 136 valence electrons. The summed E-state index contributed by atoms with van der Waals surface area (Å²) in [7, 11) is 0. The zero-order valence-electron chi connectivity index (χ0n) is 14.6. The maximum absolute atomic E-state index is 6.02. The van der Waals surface area contributed by atoms with E-state index in [1.165, 1.54) is 11.1 Å². The van der Waals surface area contributed by atoms with Crippen molar-refractivity contribution in [2.24, 2.45) is 0 Å². The molecule has 2 aromatic carbocycles. The Morgan fingerprint density at radius 2 is 1.36 bits per heavy atom. The van der Waals surface area contributed by atoms with Crippen LogP contribution in [-0.2, 0) is 17.6 Å². The Morgan fingerprint density at radius 3 is 1.92 bits per heavy atom. The summed E-state index contributed by atoms with van der Waals surface area (Å²) in [6, 6.07) is 21.3. The molecular weight excluding hydrogens is 353 g/mol. The molecule has 0 fully saturated rings. The smallest absolute Gasteiger partial charge is 0.0625 e. The van der Waals surface area contributed by atoms with Crippen LogP contribution in [0.3, 0.4) is 0 Å². The summed E-state index contributed by atoms with van der Waals surface area (Å²) in [5.74, 6) is 1.21. The van der Waals surface area contributed by atoms with E-state index >= 15 is 0 Å². The van der Waals surface area contributed by atoms with Gasteiger partial charge in [-0.1, -0.05) is 60.7 Å². The average Bonchev–Trinajstić information content (AvgIpc) is 2.66. The van der Waals surface area contributed by atoms with Gasteiger partial charge in [-0.2, -0.15) is 0 Å². The fourth-order valence-corrected chi connectivity index (χ4v) is 3.36. The van der Waals surface area contributed by atoms with Crippen LogP contribution in [0.4, 0.5) is 0 Å². The van der Waals surface area contributed by atoms with E-state index in [9.17, 15) is 0 Å². The van der Waals surface area contributed by atoms with Crippen molar-refractivity contribution in [3.05, 3.63) is 71.8 Å². The van der Waals surface area contributed by atoms with Crippen LogP contribution >= 0.6 is 23.2 Å². The third-order valence-corrected chi connectivity index (χ3v) is 4.60. The van der Waals surface area contributed by atoms with E-state index in [1.807, 2.05) is 12.1 Å². The molecule has 0 saturated carbocycles. The molecule has 25 heavy (non-hydrogen) atoms. The largest absolute Gasteiger partial charge is 0.379 e. The molecule has 4 heteroatoms. The third kappa shape index (κ3) is 7.79. The van der Waals surface area contributed by atoms with E-state index in [0.717, 1.165) is 32.5 Å². The molecule has 2 aromatic rings. The Kier molecular flexibility index (Phi) is 9.98. The van der Waals surface area contributed by atoms with Crippen LogP contribution in [0, 0.1) is 0 Å². The summed E-state index contributed by atoms with van der Waals surface area (Å²) < 4.78 is 6.02. The van der Waals surface area contributed by atoms with Crippen LogP contribution in [-0.4, -0.2) is 49.0 Å². The van der Waals surface area contributed by atoms with Crippen molar-refractivity contribution in [1.82, 2.24) is 4.90 Å². The van der Waals surface area contributed by atoms with Crippen LogP contribution < -0.4 is 0 Å². The molecule has 0 radical (unpaired) electrons. The van der Waals surface area contributed by atoms with Crippen LogP contribution in [0.25, 0.3) is 0 Å². The maximum atomic E-state index is 6.02. The highest BCUT2D eigenvalue weighted by Gasteiger charge is 2.18. The molecule has 0 aliphatic heterocycles. The number of rotatable bonds is 12. The summed E-state index contributed by atoms with van der Waals surface area (Å²) in [4.78, 5) is 2.34. The molecule has 0 amide bonds. The maximum Gasteiger partial charge on any atom is 0.0625 e. The van der Waals surface area contributed by atoms with Crippen molar-refractivity contribution in [2.45, 2.75) is 18.9 Å². The summed E-state index contributed by atoms with van der Waals surface area (Å²) in [5.41, 5.74) is 2.62. The summed E-state index contributed by atoms with van der Waals surface area (Å²) >= 11 is 12.0. The Hall–Kier alpha value is -1.06. The fraction of sp³-hybridized carbons (Fsp3) is 0.429. The molecule has 0 spiro atoms. The second kappa shape index (κ2) is 12.3. The molecule has 2 rings (SSSR count). The number of halogens is 2. The molecule has 1 atom stereocenters. The highest BCUT2D eigenvalue weighted by molar-refractivity contribution is 6.18. The Balaban J connectivity index is 1.90. The van der Waals surface area contributed by atoms with Gasteiger partial charge in [0, 0.05) is 30.9 Å². The minimum Gasteiger partial charge on any atom is -0.379 e. The van der Waals surface area contributed by atoms with Crippen LogP contribution in [0.1, 0.15) is 11.1 Å². The standard InChI is InChI=1S/C21H27Cl2NO/c22-12-14-24(15-13-23)21(17-20-9-5-2-6-10-20)18-25-16-11-19-7-3-1-4-8-19/h1-10,21H,11-18H2. The van der Waals surface area contributed by atoms with Crippen molar-refractivity contribution in [1.29, 1.82) is 0 Å². The Labute approximate surface area is 161 Å². The van der Waals surface area contributed by atoms with E-state index in [0.29, 0.717) is 18.4 Å². The lowest BCUT2D eigenvalue weighted by atomic mass is 10.1. The lowest BCUT2D eigenvalue weighted by molar-refractivity contribution is 0.0656. The fourth-order valence-electron chi connectivity index (χ4n) is 2.93. The predicted octanol–water partition coefficient (Wildman–Crippen LogP) is 4.64. The molecule has 0 aliphatic carbocycles. The molecule has 2 nitrogen and oxygen atoms in total. The minimum absolute atomic E-state index is 0.288. The van der Waals surface area contributed by atoms with Gasteiger partial charge >= 0.3 is 0 Å². The summed E-state index contributed by atoms with van der Waals surface area (Å²) in [6.07, 6.45) is 1.88. The van der Waals surface area contributed by atoms with Gasteiger partial charge in [0.15, 0.2) is 0 Å². The molecular formula is C21H27Cl2NO. The van der Waals surface area contributed by atoms with Gasteiger partial charge in [0.05, 0.1) is 13.2 Å². The molecule has 0 bridgehead atoms. The van der Waals surface area contributed by atoms with Gasteiger partial charge in [-0.3, -0.25) is 4.90 Å². The second-order valence-corrected chi connectivity index (χ2v) is 6.82. The quantitative estimate of drug-likeness (QED) is 0.393. The van der Waals surface area contributed by atoms with E-state index < -0.39 is 0 Å². The van der Waals surface area contributed by atoms with Gasteiger partial charge in [0.1, 0.15) is 0 Å². The number of nitrogens with zero attached hydrogens (tertiary/aromatic N) is 1. The Morgan fingerprint density at radius 1 is 0.800 bits per heavy atom.